The maximum atomic E-state index is 12.5. The van der Waals surface area contributed by atoms with Crippen LogP contribution in [0.15, 0.2) is 18.2 Å². The predicted octanol–water partition coefficient (Wildman–Crippen LogP) is 2.86. The molecule has 2 rings (SSSR count). The molecule has 1 heterocycles. The molecule has 0 aromatic heterocycles. The zero-order valence-corrected chi connectivity index (χ0v) is 15.7. The summed E-state index contributed by atoms with van der Waals surface area (Å²) in [6.45, 7) is 5.61. The number of carbonyl (C=O) groups is 1. The van der Waals surface area contributed by atoms with Gasteiger partial charge in [0.1, 0.15) is 0 Å². The Morgan fingerprint density at radius 3 is 2.33 bits per heavy atom. The SMILES string of the molecule is Cc1ccc(C)c(N(CCC(=O)N2CCCCCC2)S(C)(=O)=O)c1. The van der Waals surface area contributed by atoms with E-state index in [9.17, 15) is 13.2 Å². The minimum absolute atomic E-state index is 0.0517. The van der Waals surface area contributed by atoms with Crippen molar-refractivity contribution >= 4 is 21.6 Å². The summed E-state index contributed by atoms with van der Waals surface area (Å²) in [4.78, 5) is 14.4. The highest BCUT2D eigenvalue weighted by Crippen LogP contribution is 2.24. The van der Waals surface area contributed by atoms with Gasteiger partial charge in [-0.3, -0.25) is 9.10 Å². The Morgan fingerprint density at radius 2 is 1.75 bits per heavy atom. The number of hydrogen-bond acceptors (Lipinski definition) is 3. The quantitative estimate of drug-likeness (QED) is 0.819. The van der Waals surface area contributed by atoms with Crippen molar-refractivity contribution in [2.75, 3.05) is 30.2 Å². The van der Waals surface area contributed by atoms with E-state index >= 15 is 0 Å². The standard InChI is InChI=1S/C18H28N2O3S/c1-15-8-9-16(2)17(14-15)20(24(3,22)23)13-10-18(21)19-11-6-4-5-7-12-19/h8-9,14H,4-7,10-13H2,1-3H3. The summed E-state index contributed by atoms with van der Waals surface area (Å²) in [5.41, 5.74) is 2.57. The Bertz CT molecular complexity index is 678. The number of hydrogen-bond donors (Lipinski definition) is 0. The first-order chi connectivity index (χ1) is 11.3. The second-order valence-corrected chi connectivity index (χ2v) is 8.58. The summed E-state index contributed by atoms with van der Waals surface area (Å²) in [5.74, 6) is 0.0517. The molecule has 1 amide bonds. The van der Waals surface area contributed by atoms with E-state index in [1.54, 1.807) is 0 Å². The van der Waals surface area contributed by atoms with Gasteiger partial charge in [-0.15, -0.1) is 0 Å². The van der Waals surface area contributed by atoms with Crippen molar-refractivity contribution in [1.82, 2.24) is 4.90 Å². The highest BCUT2D eigenvalue weighted by molar-refractivity contribution is 7.92. The summed E-state index contributed by atoms with van der Waals surface area (Å²) in [6.07, 6.45) is 5.84. The highest BCUT2D eigenvalue weighted by Gasteiger charge is 2.22. The molecule has 5 nitrogen and oxygen atoms in total. The third kappa shape index (κ3) is 4.97. The van der Waals surface area contributed by atoms with Crippen LogP contribution < -0.4 is 4.31 Å². The monoisotopic (exact) mass is 352 g/mol. The van der Waals surface area contributed by atoms with Crippen LogP contribution in [-0.4, -0.2) is 45.1 Å². The Morgan fingerprint density at radius 1 is 1.12 bits per heavy atom. The molecule has 0 radical (unpaired) electrons. The first-order valence-electron chi connectivity index (χ1n) is 8.62. The lowest BCUT2D eigenvalue weighted by molar-refractivity contribution is -0.130. The van der Waals surface area contributed by atoms with Crippen molar-refractivity contribution < 1.29 is 13.2 Å². The van der Waals surface area contributed by atoms with Gasteiger partial charge in [0.25, 0.3) is 0 Å². The van der Waals surface area contributed by atoms with Gasteiger partial charge in [0, 0.05) is 26.1 Å². The third-order valence-electron chi connectivity index (χ3n) is 4.52. The molecule has 0 N–H and O–H groups in total. The summed E-state index contributed by atoms with van der Waals surface area (Å²) >= 11 is 0. The van der Waals surface area contributed by atoms with Crippen molar-refractivity contribution in [2.24, 2.45) is 0 Å². The Hall–Kier alpha value is -1.56. The molecule has 134 valence electrons. The number of benzene rings is 1. The predicted molar refractivity (Wildman–Crippen MR) is 97.8 cm³/mol. The molecule has 24 heavy (non-hydrogen) atoms. The molecule has 1 fully saturated rings. The number of likely N-dealkylation sites (tertiary alicyclic amines) is 1. The zero-order chi connectivity index (χ0) is 17.7. The normalized spacial score (nSPS) is 15.9. The van der Waals surface area contributed by atoms with Crippen molar-refractivity contribution in [1.29, 1.82) is 0 Å². The Labute approximate surface area is 145 Å². The highest BCUT2D eigenvalue weighted by atomic mass is 32.2. The van der Waals surface area contributed by atoms with Gasteiger partial charge in [-0.1, -0.05) is 25.0 Å². The maximum absolute atomic E-state index is 12.5. The van der Waals surface area contributed by atoms with E-state index in [2.05, 4.69) is 0 Å². The molecular weight excluding hydrogens is 324 g/mol. The molecule has 1 aromatic rings. The Balaban J connectivity index is 2.12. The zero-order valence-electron chi connectivity index (χ0n) is 14.9. The van der Waals surface area contributed by atoms with E-state index in [0.29, 0.717) is 5.69 Å². The molecule has 1 aliphatic heterocycles. The number of carbonyl (C=O) groups excluding carboxylic acids is 1. The van der Waals surface area contributed by atoms with Gasteiger partial charge in [0.05, 0.1) is 11.9 Å². The first-order valence-corrected chi connectivity index (χ1v) is 10.5. The van der Waals surface area contributed by atoms with E-state index in [4.69, 9.17) is 0 Å². The van der Waals surface area contributed by atoms with Crippen molar-refractivity contribution in [2.45, 2.75) is 46.0 Å². The van der Waals surface area contributed by atoms with E-state index in [1.807, 2.05) is 36.9 Å². The van der Waals surface area contributed by atoms with Gasteiger partial charge in [-0.2, -0.15) is 0 Å². The lowest BCUT2D eigenvalue weighted by Gasteiger charge is -2.26. The summed E-state index contributed by atoms with van der Waals surface area (Å²) < 4.78 is 25.8. The fraction of sp³-hybridized carbons (Fsp3) is 0.611. The van der Waals surface area contributed by atoms with E-state index in [1.165, 1.54) is 23.4 Å². The lowest BCUT2D eigenvalue weighted by atomic mass is 10.1. The minimum Gasteiger partial charge on any atom is -0.343 e. The number of sulfonamides is 1. The van der Waals surface area contributed by atoms with Crippen LogP contribution in [0.3, 0.4) is 0 Å². The van der Waals surface area contributed by atoms with Crippen LogP contribution in [0.5, 0.6) is 0 Å². The van der Waals surface area contributed by atoms with E-state index < -0.39 is 10.0 Å². The van der Waals surface area contributed by atoms with Crippen molar-refractivity contribution in [3.05, 3.63) is 29.3 Å². The number of aryl methyl sites for hydroxylation is 2. The van der Waals surface area contributed by atoms with Crippen LogP contribution in [-0.2, 0) is 14.8 Å². The third-order valence-corrected chi connectivity index (χ3v) is 5.70. The van der Waals surface area contributed by atoms with Gasteiger partial charge in [-0.05, 0) is 43.9 Å². The second-order valence-electron chi connectivity index (χ2n) is 6.67. The topological polar surface area (TPSA) is 57.7 Å². The maximum Gasteiger partial charge on any atom is 0.232 e. The van der Waals surface area contributed by atoms with Crippen LogP contribution in [0.4, 0.5) is 5.69 Å². The van der Waals surface area contributed by atoms with Gasteiger partial charge in [0.2, 0.25) is 15.9 Å². The molecule has 0 bridgehead atoms. The number of nitrogens with zero attached hydrogens (tertiary/aromatic N) is 2. The van der Waals surface area contributed by atoms with E-state index in [-0.39, 0.29) is 18.9 Å². The van der Waals surface area contributed by atoms with Crippen LogP contribution in [0.25, 0.3) is 0 Å². The number of anilines is 1. The average Bonchev–Trinajstić information content (AvgIpc) is 2.78. The molecule has 0 saturated carbocycles. The fourth-order valence-corrected chi connectivity index (χ4v) is 4.11. The molecule has 0 aliphatic carbocycles. The number of rotatable bonds is 5. The first kappa shape index (κ1) is 18.8. The summed E-state index contributed by atoms with van der Waals surface area (Å²) in [6, 6.07) is 5.74. The Kier molecular flexibility index (Phi) is 6.27. The molecular formula is C18H28N2O3S. The van der Waals surface area contributed by atoms with Gasteiger partial charge >= 0.3 is 0 Å². The second kappa shape index (κ2) is 8.01. The van der Waals surface area contributed by atoms with Crippen LogP contribution in [0, 0.1) is 13.8 Å². The fourth-order valence-electron chi connectivity index (χ4n) is 3.13. The summed E-state index contributed by atoms with van der Waals surface area (Å²) in [5, 5.41) is 0. The molecule has 0 unspecified atom stereocenters. The molecule has 1 saturated heterocycles. The van der Waals surface area contributed by atoms with Crippen LogP contribution in [0.1, 0.15) is 43.2 Å². The minimum atomic E-state index is -3.43. The van der Waals surface area contributed by atoms with Crippen LogP contribution >= 0.6 is 0 Å². The molecule has 1 aromatic carbocycles. The molecule has 0 atom stereocenters. The number of amides is 1. The largest absolute Gasteiger partial charge is 0.343 e. The molecule has 0 spiro atoms. The van der Waals surface area contributed by atoms with Gasteiger partial charge in [-0.25, -0.2) is 8.42 Å². The average molecular weight is 353 g/mol. The van der Waals surface area contributed by atoms with Crippen molar-refractivity contribution in [3.63, 3.8) is 0 Å². The van der Waals surface area contributed by atoms with Gasteiger partial charge in [0.15, 0.2) is 0 Å². The van der Waals surface area contributed by atoms with Crippen molar-refractivity contribution in [3.8, 4) is 0 Å². The molecule has 6 heteroatoms. The van der Waals surface area contributed by atoms with E-state index in [0.717, 1.165) is 37.1 Å². The lowest BCUT2D eigenvalue weighted by Crippen LogP contribution is -2.37. The molecule has 1 aliphatic rings. The smallest absolute Gasteiger partial charge is 0.232 e. The summed E-state index contributed by atoms with van der Waals surface area (Å²) in [7, 11) is -3.43. The van der Waals surface area contributed by atoms with Crippen LogP contribution in [0.2, 0.25) is 0 Å². The van der Waals surface area contributed by atoms with Gasteiger partial charge < -0.3 is 4.90 Å².